The molecule has 1 saturated heterocycles. The lowest BCUT2D eigenvalue weighted by atomic mass is 10.0. The second kappa shape index (κ2) is 8.46. The van der Waals surface area contributed by atoms with E-state index in [0.29, 0.717) is 0 Å². The molecule has 1 aliphatic heterocycles. The molecule has 4 rings (SSSR count). The molecule has 0 bridgehead atoms. The highest BCUT2D eigenvalue weighted by Crippen LogP contribution is 2.29. The molecule has 1 N–H and O–H groups in total. The van der Waals surface area contributed by atoms with Crippen LogP contribution in [-0.2, 0) is 4.74 Å². The Bertz CT molecular complexity index is 888. The van der Waals surface area contributed by atoms with Crippen LogP contribution in [0.2, 0.25) is 0 Å². The zero-order valence-electron chi connectivity index (χ0n) is 15.8. The highest BCUT2D eigenvalue weighted by atomic mass is 16.5. The van der Waals surface area contributed by atoms with E-state index in [1.165, 1.54) is 5.56 Å². The molecule has 1 aliphatic rings. The number of ether oxygens (including phenoxy) is 1. The van der Waals surface area contributed by atoms with Crippen LogP contribution >= 0.6 is 0 Å². The van der Waals surface area contributed by atoms with Crippen molar-refractivity contribution < 1.29 is 4.74 Å². The molecule has 0 amide bonds. The predicted octanol–water partition coefficient (Wildman–Crippen LogP) is 3.74. The number of morpholine rings is 1. The van der Waals surface area contributed by atoms with Crippen LogP contribution in [0.25, 0.3) is 22.0 Å². The van der Waals surface area contributed by atoms with Crippen LogP contribution in [0.5, 0.6) is 0 Å². The summed E-state index contributed by atoms with van der Waals surface area (Å²) in [4.78, 5) is 2.45. The maximum atomic E-state index is 5.40. The molecule has 27 heavy (non-hydrogen) atoms. The average Bonchev–Trinajstić information content (AvgIpc) is 2.73. The van der Waals surface area contributed by atoms with Crippen molar-refractivity contribution in [1.82, 2.24) is 15.1 Å². The number of aromatic nitrogens is 2. The molecule has 0 saturated carbocycles. The molecule has 2 heterocycles. The number of benzene rings is 2. The van der Waals surface area contributed by atoms with Crippen LogP contribution in [0, 0.1) is 6.92 Å². The van der Waals surface area contributed by atoms with Crippen molar-refractivity contribution in [2.75, 3.05) is 44.7 Å². The summed E-state index contributed by atoms with van der Waals surface area (Å²) in [6, 6.07) is 16.8. The van der Waals surface area contributed by atoms with E-state index in [2.05, 4.69) is 75.9 Å². The predicted molar refractivity (Wildman–Crippen MR) is 110 cm³/mol. The van der Waals surface area contributed by atoms with Crippen LogP contribution in [0.3, 0.4) is 0 Å². The first kappa shape index (κ1) is 17.9. The largest absolute Gasteiger partial charge is 0.379 e. The van der Waals surface area contributed by atoms with Crippen molar-refractivity contribution in [3.05, 3.63) is 54.1 Å². The summed E-state index contributed by atoms with van der Waals surface area (Å²) < 4.78 is 5.40. The fourth-order valence-electron chi connectivity index (χ4n) is 3.49. The van der Waals surface area contributed by atoms with Gasteiger partial charge >= 0.3 is 0 Å². The molecule has 0 spiro atoms. The van der Waals surface area contributed by atoms with Gasteiger partial charge in [0.25, 0.3) is 0 Å². The van der Waals surface area contributed by atoms with Gasteiger partial charge in [-0.2, -0.15) is 0 Å². The van der Waals surface area contributed by atoms with Gasteiger partial charge in [0.15, 0.2) is 5.82 Å². The zero-order chi connectivity index (χ0) is 18.5. The number of hydrogen-bond donors (Lipinski definition) is 1. The summed E-state index contributed by atoms with van der Waals surface area (Å²) in [5.41, 5.74) is 3.28. The first-order valence-corrected chi connectivity index (χ1v) is 9.68. The highest BCUT2D eigenvalue weighted by molar-refractivity contribution is 5.99. The molecule has 2 aromatic carbocycles. The van der Waals surface area contributed by atoms with Gasteiger partial charge in [0.1, 0.15) is 5.69 Å². The number of rotatable bonds is 6. The minimum Gasteiger partial charge on any atom is -0.379 e. The number of fused-ring (bicyclic) bond motifs is 1. The molecule has 0 unspecified atom stereocenters. The highest BCUT2D eigenvalue weighted by Gasteiger charge is 2.12. The monoisotopic (exact) mass is 362 g/mol. The van der Waals surface area contributed by atoms with Gasteiger partial charge in [-0.15, -0.1) is 10.2 Å². The Kier molecular flexibility index (Phi) is 5.61. The molecule has 0 atom stereocenters. The van der Waals surface area contributed by atoms with Crippen LogP contribution in [0.1, 0.15) is 12.0 Å². The van der Waals surface area contributed by atoms with Crippen LogP contribution in [0.4, 0.5) is 5.82 Å². The van der Waals surface area contributed by atoms with Crippen molar-refractivity contribution in [3.8, 4) is 11.3 Å². The van der Waals surface area contributed by atoms with E-state index in [4.69, 9.17) is 4.74 Å². The summed E-state index contributed by atoms with van der Waals surface area (Å²) in [6.07, 6.45) is 1.08. The van der Waals surface area contributed by atoms with E-state index in [1.807, 2.05) is 0 Å². The zero-order valence-corrected chi connectivity index (χ0v) is 15.8. The van der Waals surface area contributed by atoms with Crippen LogP contribution in [-0.4, -0.2) is 54.5 Å². The third-order valence-electron chi connectivity index (χ3n) is 5.06. The van der Waals surface area contributed by atoms with Crippen molar-refractivity contribution in [2.45, 2.75) is 13.3 Å². The van der Waals surface area contributed by atoms with E-state index in [9.17, 15) is 0 Å². The molecule has 0 aliphatic carbocycles. The Labute approximate surface area is 160 Å². The lowest BCUT2D eigenvalue weighted by Gasteiger charge is -2.26. The number of anilines is 1. The standard InChI is InChI=1S/C22H26N4O/c1-17-7-9-18(10-8-17)21-19-5-2-3-6-20(19)22(25-24-21)23-11-4-12-26-13-15-27-16-14-26/h2-3,5-10H,4,11-16H2,1H3,(H,23,25). The summed E-state index contributed by atoms with van der Waals surface area (Å²) in [7, 11) is 0. The number of nitrogens with zero attached hydrogens (tertiary/aromatic N) is 3. The molecule has 3 aromatic rings. The molecule has 140 valence electrons. The second-order valence-electron chi connectivity index (χ2n) is 7.04. The fourth-order valence-corrected chi connectivity index (χ4v) is 3.49. The SMILES string of the molecule is Cc1ccc(-c2nnc(NCCCN3CCOCC3)c3ccccc23)cc1. The summed E-state index contributed by atoms with van der Waals surface area (Å²) >= 11 is 0. The average molecular weight is 362 g/mol. The Morgan fingerprint density at radius 3 is 2.48 bits per heavy atom. The third-order valence-corrected chi connectivity index (χ3v) is 5.06. The third kappa shape index (κ3) is 4.26. The fraction of sp³-hybridized carbons (Fsp3) is 0.364. The van der Waals surface area contributed by atoms with E-state index in [0.717, 1.165) is 73.7 Å². The first-order chi connectivity index (χ1) is 13.3. The van der Waals surface area contributed by atoms with Crippen molar-refractivity contribution in [2.24, 2.45) is 0 Å². The smallest absolute Gasteiger partial charge is 0.156 e. The molecule has 0 radical (unpaired) electrons. The van der Waals surface area contributed by atoms with E-state index < -0.39 is 0 Å². The van der Waals surface area contributed by atoms with Gasteiger partial charge in [0.05, 0.1) is 13.2 Å². The Morgan fingerprint density at radius 2 is 1.70 bits per heavy atom. The normalized spacial score (nSPS) is 15.1. The van der Waals surface area contributed by atoms with E-state index in [-0.39, 0.29) is 0 Å². The number of aryl methyl sites for hydroxylation is 1. The van der Waals surface area contributed by atoms with Gasteiger partial charge < -0.3 is 10.1 Å². The van der Waals surface area contributed by atoms with E-state index in [1.54, 1.807) is 0 Å². The molecule has 5 nitrogen and oxygen atoms in total. The van der Waals surface area contributed by atoms with Crippen LogP contribution in [0.15, 0.2) is 48.5 Å². The van der Waals surface area contributed by atoms with Gasteiger partial charge in [0.2, 0.25) is 0 Å². The molecule has 5 heteroatoms. The molecular formula is C22H26N4O. The minimum atomic E-state index is 0.851. The van der Waals surface area contributed by atoms with Gasteiger partial charge in [-0.05, 0) is 19.9 Å². The number of hydrogen-bond acceptors (Lipinski definition) is 5. The first-order valence-electron chi connectivity index (χ1n) is 9.68. The Morgan fingerprint density at radius 1 is 0.963 bits per heavy atom. The second-order valence-corrected chi connectivity index (χ2v) is 7.04. The van der Waals surface area contributed by atoms with Crippen molar-refractivity contribution in [1.29, 1.82) is 0 Å². The van der Waals surface area contributed by atoms with Crippen molar-refractivity contribution >= 4 is 16.6 Å². The maximum Gasteiger partial charge on any atom is 0.156 e. The molecular weight excluding hydrogens is 336 g/mol. The van der Waals surface area contributed by atoms with Gasteiger partial charge in [-0.1, -0.05) is 54.1 Å². The Hall–Kier alpha value is -2.50. The van der Waals surface area contributed by atoms with Crippen molar-refractivity contribution in [3.63, 3.8) is 0 Å². The quantitative estimate of drug-likeness (QED) is 0.677. The molecule has 1 fully saturated rings. The van der Waals surface area contributed by atoms with Crippen LogP contribution < -0.4 is 5.32 Å². The van der Waals surface area contributed by atoms with Gasteiger partial charge in [0, 0.05) is 36.0 Å². The number of nitrogens with one attached hydrogen (secondary N) is 1. The molecule has 1 aromatic heterocycles. The van der Waals surface area contributed by atoms with Gasteiger partial charge in [-0.3, -0.25) is 4.90 Å². The van der Waals surface area contributed by atoms with E-state index >= 15 is 0 Å². The Balaban J connectivity index is 1.49. The lowest BCUT2D eigenvalue weighted by molar-refractivity contribution is 0.0378. The summed E-state index contributed by atoms with van der Waals surface area (Å²) in [5, 5.41) is 14.8. The maximum absolute atomic E-state index is 5.40. The van der Waals surface area contributed by atoms with Gasteiger partial charge in [-0.25, -0.2) is 0 Å². The lowest BCUT2D eigenvalue weighted by Crippen LogP contribution is -2.37. The minimum absolute atomic E-state index is 0.851. The summed E-state index contributed by atoms with van der Waals surface area (Å²) in [5.74, 6) is 0.864. The summed E-state index contributed by atoms with van der Waals surface area (Å²) in [6.45, 7) is 7.84. The topological polar surface area (TPSA) is 50.3 Å².